The van der Waals surface area contributed by atoms with E-state index in [1.807, 2.05) is 55.6 Å². The summed E-state index contributed by atoms with van der Waals surface area (Å²) in [5, 5.41) is 8.93. The average Bonchev–Trinajstić information content (AvgIpc) is 3.18. The van der Waals surface area contributed by atoms with Crippen LogP contribution in [0.2, 0.25) is 0 Å². The van der Waals surface area contributed by atoms with E-state index in [1.54, 1.807) is 7.11 Å². The normalized spacial score (nSPS) is 13.1. The van der Waals surface area contributed by atoms with Gasteiger partial charge in [-0.3, -0.25) is 4.79 Å². The molecule has 0 aliphatic rings. The van der Waals surface area contributed by atoms with Gasteiger partial charge in [0, 0.05) is 16.3 Å². The van der Waals surface area contributed by atoms with Crippen LogP contribution in [-0.2, 0) is 10.0 Å². The number of fused-ring (bicyclic) bond motifs is 3. The Kier molecular flexibility index (Phi) is 5.17. The van der Waals surface area contributed by atoms with Gasteiger partial charge >= 0.3 is 0 Å². The number of thiophene rings is 1. The van der Waals surface area contributed by atoms with E-state index in [4.69, 9.17) is 9.88 Å². The third-order valence-electron chi connectivity index (χ3n) is 5.34. The van der Waals surface area contributed by atoms with Gasteiger partial charge in [0.1, 0.15) is 10.4 Å². The molecule has 2 heterocycles. The lowest BCUT2D eigenvalue weighted by Gasteiger charge is -2.16. The van der Waals surface area contributed by atoms with Crippen molar-refractivity contribution in [3.63, 3.8) is 0 Å². The number of aryl methyl sites for hydroxylation is 1. The molecule has 2 aromatic heterocycles. The Labute approximate surface area is 178 Å². The number of aromatic nitrogens is 1. The zero-order valence-electron chi connectivity index (χ0n) is 16.9. The van der Waals surface area contributed by atoms with E-state index in [9.17, 15) is 13.2 Å². The van der Waals surface area contributed by atoms with Crippen LogP contribution in [0.1, 0.15) is 24.0 Å². The van der Waals surface area contributed by atoms with Crippen molar-refractivity contribution in [3.05, 3.63) is 63.3 Å². The number of benzene rings is 2. The number of primary sulfonamides is 1. The van der Waals surface area contributed by atoms with E-state index in [0.29, 0.717) is 10.4 Å². The standard InChI is InChI=1S/C22H22N2O4S2/c1-12-10-17(28-3)18(19-16-8-9-29-21(16)22(25)24-20(12)19)15-6-4-14(5-7-15)13(2)11-30(23,26)27/h4-10,13H,11H2,1-3H3,(H,24,25)(H2,23,26,27). The van der Waals surface area contributed by atoms with Crippen LogP contribution in [0.5, 0.6) is 5.75 Å². The van der Waals surface area contributed by atoms with Crippen molar-refractivity contribution in [2.75, 3.05) is 12.9 Å². The minimum absolute atomic E-state index is 0.0983. The molecule has 6 nitrogen and oxygen atoms in total. The highest BCUT2D eigenvalue weighted by Crippen LogP contribution is 2.41. The molecule has 8 heteroatoms. The quantitative estimate of drug-likeness (QED) is 0.485. The van der Waals surface area contributed by atoms with Crippen molar-refractivity contribution < 1.29 is 13.2 Å². The number of aromatic amines is 1. The van der Waals surface area contributed by atoms with Gasteiger partial charge in [0.25, 0.3) is 5.56 Å². The molecular weight excluding hydrogens is 420 g/mol. The number of methoxy groups -OCH3 is 1. The number of sulfonamides is 1. The Morgan fingerprint density at radius 3 is 2.53 bits per heavy atom. The Morgan fingerprint density at radius 1 is 1.20 bits per heavy atom. The largest absolute Gasteiger partial charge is 0.496 e. The number of rotatable bonds is 5. The molecule has 0 saturated heterocycles. The summed E-state index contributed by atoms with van der Waals surface area (Å²) < 4.78 is 29.2. The zero-order valence-corrected chi connectivity index (χ0v) is 18.5. The van der Waals surface area contributed by atoms with Gasteiger partial charge in [0.05, 0.1) is 18.4 Å². The maximum Gasteiger partial charge on any atom is 0.266 e. The molecule has 0 saturated carbocycles. The molecule has 0 bridgehead atoms. The number of nitrogens with two attached hydrogens (primary N) is 1. The number of hydrogen-bond acceptors (Lipinski definition) is 5. The Bertz CT molecular complexity index is 1420. The second kappa shape index (κ2) is 7.54. The SMILES string of the molecule is COc1cc(C)c2[nH]c(=O)c3sccc3c2c1-c1ccc(C(C)CS(N)(=O)=O)cc1. The molecule has 0 fully saturated rings. The van der Waals surface area contributed by atoms with Crippen LogP contribution in [0.4, 0.5) is 0 Å². The number of nitrogens with one attached hydrogen (secondary N) is 1. The van der Waals surface area contributed by atoms with Gasteiger partial charge in [-0.25, -0.2) is 13.6 Å². The number of ether oxygens (including phenoxy) is 1. The molecule has 0 radical (unpaired) electrons. The van der Waals surface area contributed by atoms with E-state index in [2.05, 4.69) is 4.98 Å². The summed E-state index contributed by atoms with van der Waals surface area (Å²) in [4.78, 5) is 15.5. The predicted molar refractivity (Wildman–Crippen MR) is 123 cm³/mol. The summed E-state index contributed by atoms with van der Waals surface area (Å²) in [6.45, 7) is 3.78. The highest BCUT2D eigenvalue weighted by atomic mass is 32.2. The molecule has 4 aromatic rings. The molecule has 0 aliphatic heterocycles. The topological polar surface area (TPSA) is 102 Å². The van der Waals surface area contributed by atoms with Gasteiger partial charge in [-0.15, -0.1) is 11.3 Å². The van der Waals surface area contributed by atoms with Crippen molar-refractivity contribution >= 4 is 42.3 Å². The molecule has 2 aromatic carbocycles. The third kappa shape index (κ3) is 3.62. The molecule has 1 atom stereocenters. The lowest BCUT2D eigenvalue weighted by Crippen LogP contribution is -2.20. The summed E-state index contributed by atoms with van der Waals surface area (Å²) in [6, 6.07) is 11.6. The lowest BCUT2D eigenvalue weighted by atomic mass is 9.93. The van der Waals surface area contributed by atoms with Crippen molar-refractivity contribution in [2.45, 2.75) is 19.8 Å². The van der Waals surface area contributed by atoms with Gasteiger partial charge in [0.2, 0.25) is 10.0 Å². The minimum Gasteiger partial charge on any atom is -0.496 e. The van der Waals surface area contributed by atoms with Gasteiger partial charge < -0.3 is 9.72 Å². The fourth-order valence-corrected chi connectivity index (χ4v) is 5.62. The summed E-state index contributed by atoms with van der Waals surface area (Å²) in [5.41, 5.74) is 4.31. The first-order chi connectivity index (χ1) is 14.2. The van der Waals surface area contributed by atoms with Gasteiger partial charge in [-0.2, -0.15) is 0 Å². The number of H-pyrrole nitrogens is 1. The van der Waals surface area contributed by atoms with E-state index < -0.39 is 10.0 Å². The second-order valence-corrected chi connectivity index (χ2v) is 10.1. The first-order valence-corrected chi connectivity index (χ1v) is 12.0. The molecule has 0 aliphatic carbocycles. The van der Waals surface area contributed by atoms with E-state index >= 15 is 0 Å². The van der Waals surface area contributed by atoms with Crippen LogP contribution in [0.15, 0.2) is 46.6 Å². The van der Waals surface area contributed by atoms with Crippen LogP contribution >= 0.6 is 11.3 Å². The summed E-state index contributed by atoms with van der Waals surface area (Å²) >= 11 is 1.41. The maximum absolute atomic E-state index is 12.5. The molecule has 0 amide bonds. The molecule has 1 unspecified atom stereocenters. The molecule has 0 spiro atoms. The first-order valence-electron chi connectivity index (χ1n) is 9.41. The first kappa shape index (κ1) is 20.6. The van der Waals surface area contributed by atoms with Crippen molar-refractivity contribution in [1.82, 2.24) is 4.98 Å². The van der Waals surface area contributed by atoms with Crippen LogP contribution in [0.3, 0.4) is 0 Å². The lowest BCUT2D eigenvalue weighted by molar-refractivity contribution is 0.416. The highest BCUT2D eigenvalue weighted by molar-refractivity contribution is 7.89. The van der Waals surface area contributed by atoms with Gasteiger partial charge in [0.15, 0.2) is 0 Å². The Morgan fingerprint density at radius 2 is 1.90 bits per heavy atom. The van der Waals surface area contributed by atoms with Gasteiger partial charge in [-0.1, -0.05) is 31.2 Å². The molecular formula is C22H22N2O4S2. The third-order valence-corrected chi connectivity index (χ3v) is 7.22. The second-order valence-electron chi connectivity index (χ2n) is 7.49. The molecule has 4 rings (SSSR count). The number of pyridine rings is 1. The Balaban J connectivity index is 1.95. The zero-order chi connectivity index (χ0) is 21.6. The monoisotopic (exact) mass is 442 g/mol. The minimum atomic E-state index is -3.55. The summed E-state index contributed by atoms with van der Waals surface area (Å²) in [6.07, 6.45) is 0. The predicted octanol–water partition coefficient (Wildman–Crippen LogP) is 4.12. The van der Waals surface area contributed by atoms with E-state index in [1.165, 1.54) is 11.3 Å². The van der Waals surface area contributed by atoms with E-state index in [0.717, 1.165) is 38.5 Å². The van der Waals surface area contributed by atoms with Crippen molar-refractivity contribution in [2.24, 2.45) is 5.14 Å². The van der Waals surface area contributed by atoms with E-state index in [-0.39, 0.29) is 17.2 Å². The van der Waals surface area contributed by atoms with Crippen LogP contribution in [0, 0.1) is 6.92 Å². The Hall–Kier alpha value is -2.68. The van der Waals surface area contributed by atoms with Gasteiger partial charge in [-0.05, 0) is 47.0 Å². The summed E-state index contributed by atoms with van der Waals surface area (Å²) in [5.74, 6) is 0.385. The fraction of sp³-hybridized carbons (Fsp3) is 0.227. The van der Waals surface area contributed by atoms with Crippen LogP contribution in [-0.4, -0.2) is 26.3 Å². The highest BCUT2D eigenvalue weighted by Gasteiger charge is 2.19. The van der Waals surface area contributed by atoms with Crippen molar-refractivity contribution in [3.8, 4) is 16.9 Å². The number of hydrogen-bond donors (Lipinski definition) is 2. The molecule has 30 heavy (non-hydrogen) atoms. The fourth-order valence-electron chi connectivity index (χ4n) is 3.94. The van der Waals surface area contributed by atoms with Crippen LogP contribution < -0.4 is 15.4 Å². The summed E-state index contributed by atoms with van der Waals surface area (Å²) in [7, 11) is -1.92. The molecule has 156 valence electrons. The van der Waals surface area contributed by atoms with Crippen LogP contribution in [0.25, 0.3) is 32.1 Å². The van der Waals surface area contributed by atoms with Crippen molar-refractivity contribution in [1.29, 1.82) is 0 Å². The molecule has 3 N–H and O–H groups in total. The average molecular weight is 443 g/mol. The smallest absolute Gasteiger partial charge is 0.266 e. The maximum atomic E-state index is 12.5.